The number of hydrogen-bond acceptors (Lipinski definition) is 12. The Labute approximate surface area is 249 Å². The molecule has 0 aliphatic heterocycles. The molecule has 2 heterocycles. The van der Waals surface area contributed by atoms with Gasteiger partial charge in [0.2, 0.25) is 11.9 Å². The Morgan fingerprint density at radius 1 is 0.800 bits per heavy atom. The zero-order valence-corrected chi connectivity index (χ0v) is 24.4. The summed E-state index contributed by atoms with van der Waals surface area (Å²) >= 11 is 14.7. The van der Waals surface area contributed by atoms with Crippen molar-refractivity contribution in [3.8, 4) is 0 Å². The van der Waals surface area contributed by atoms with Crippen molar-refractivity contribution >= 4 is 70.3 Å². The highest BCUT2D eigenvalue weighted by molar-refractivity contribution is 7.99. The van der Waals surface area contributed by atoms with E-state index in [2.05, 4.69) is 30.6 Å². The van der Waals surface area contributed by atoms with E-state index in [0.717, 1.165) is 15.4 Å². The molecular formula is C25H27Cl2FN8O2S2. The molecule has 40 heavy (non-hydrogen) atoms. The molecule has 0 radical (unpaired) electrons. The average molecular weight is 626 g/mol. The van der Waals surface area contributed by atoms with Gasteiger partial charge in [-0.15, -0.1) is 0 Å². The number of nitrogens with two attached hydrogens (primary N) is 2. The summed E-state index contributed by atoms with van der Waals surface area (Å²) in [6, 6.07) is 9.85. The Morgan fingerprint density at radius 2 is 1.32 bits per heavy atom. The van der Waals surface area contributed by atoms with Crippen molar-refractivity contribution in [1.29, 1.82) is 0 Å². The zero-order chi connectivity index (χ0) is 29.1. The van der Waals surface area contributed by atoms with E-state index < -0.39 is 5.82 Å². The molecule has 0 amide bonds. The molecule has 0 aliphatic rings. The van der Waals surface area contributed by atoms with Gasteiger partial charge in [-0.05, 0) is 48.9 Å². The SMILES string of the molecule is Cc1cc(Cl)ccc1Sc1cnc(N)nc1NCCO.Nc1ncc(Sc2ccc(F)cc2Cl)c(NCCO)n1. The summed E-state index contributed by atoms with van der Waals surface area (Å²) in [6.07, 6.45) is 3.22. The molecular weight excluding hydrogens is 598 g/mol. The first-order valence-electron chi connectivity index (χ1n) is 11.7. The second-order valence-corrected chi connectivity index (χ2v) is 10.9. The molecule has 10 nitrogen and oxygen atoms in total. The van der Waals surface area contributed by atoms with Crippen LogP contribution in [0.4, 0.5) is 27.9 Å². The maximum atomic E-state index is 13.0. The lowest BCUT2D eigenvalue weighted by molar-refractivity contribution is 0.310. The molecule has 0 spiro atoms. The molecule has 2 aromatic heterocycles. The second kappa shape index (κ2) is 15.6. The van der Waals surface area contributed by atoms with Crippen molar-refractivity contribution in [2.75, 3.05) is 48.4 Å². The average Bonchev–Trinajstić information content (AvgIpc) is 2.92. The van der Waals surface area contributed by atoms with Gasteiger partial charge in [-0.2, -0.15) is 9.97 Å². The summed E-state index contributed by atoms with van der Waals surface area (Å²) in [4.78, 5) is 19.4. The molecule has 0 saturated heterocycles. The number of hydrogen-bond donors (Lipinski definition) is 6. The third-order valence-electron chi connectivity index (χ3n) is 4.83. The van der Waals surface area contributed by atoms with E-state index >= 15 is 0 Å². The quantitative estimate of drug-likeness (QED) is 0.140. The van der Waals surface area contributed by atoms with Crippen molar-refractivity contribution in [1.82, 2.24) is 19.9 Å². The fraction of sp³-hybridized carbons (Fsp3) is 0.200. The summed E-state index contributed by atoms with van der Waals surface area (Å²) < 4.78 is 13.0. The van der Waals surface area contributed by atoms with Gasteiger partial charge < -0.3 is 32.3 Å². The third-order valence-corrected chi connectivity index (χ3v) is 7.78. The van der Waals surface area contributed by atoms with Crippen molar-refractivity contribution in [2.45, 2.75) is 26.5 Å². The number of aliphatic hydroxyl groups excluding tert-OH is 2. The summed E-state index contributed by atoms with van der Waals surface area (Å²) in [6.45, 7) is 2.72. The van der Waals surface area contributed by atoms with Gasteiger partial charge in [0.1, 0.15) is 17.5 Å². The molecule has 0 unspecified atom stereocenters. The van der Waals surface area contributed by atoms with Crippen LogP contribution in [-0.2, 0) is 0 Å². The van der Waals surface area contributed by atoms with Crippen LogP contribution in [0, 0.1) is 12.7 Å². The van der Waals surface area contributed by atoms with Gasteiger partial charge in [-0.1, -0.05) is 46.7 Å². The molecule has 212 valence electrons. The van der Waals surface area contributed by atoms with E-state index in [9.17, 15) is 4.39 Å². The van der Waals surface area contributed by atoms with Crippen LogP contribution >= 0.6 is 46.7 Å². The summed E-state index contributed by atoms with van der Waals surface area (Å²) in [5.41, 5.74) is 12.2. The monoisotopic (exact) mass is 624 g/mol. The number of aromatic nitrogens is 4. The van der Waals surface area contributed by atoms with E-state index in [4.69, 9.17) is 44.9 Å². The Bertz CT molecular complexity index is 1330. The predicted octanol–water partition coefficient (Wildman–Crippen LogP) is 4.98. The molecule has 0 saturated carbocycles. The number of aliphatic hydroxyl groups is 2. The minimum atomic E-state index is -0.397. The maximum absolute atomic E-state index is 13.0. The number of nitrogens with zero attached hydrogens (tertiary/aromatic N) is 4. The second-order valence-electron chi connectivity index (χ2n) is 7.87. The van der Waals surface area contributed by atoms with Crippen LogP contribution in [0.15, 0.2) is 68.4 Å². The molecule has 0 bridgehead atoms. The highest BCUT2D eigenvalue weighted by Crippen LogP contribution is 2.37. The number of nitrogens with one attached hydrogen (secondary N) is 2. The normalized spacial score (nSPS) is 10.6. The first kappa shape index (κ1) is 31.5. The van der Waals surface area contributed by atoms with E-state index in [-0.39, 0.29) is 25.1 Å². The van der Waals surface area contributed by atoms with Gasteiger partial charge in [0, 0.05) is 40.3 Å². The van der Waals surface area contributed by atoms with Gasteiger partial charge in [0.15, 0.2) is 0 Å². The topological polar surface area (TPSA) is 168 Å². The third kappa shape index (κ3) is 9.54. The lowest BCUT2D eigenvalue weighted by Gasteiger charge is -2.11. The number of rotatable bonds is 10. The number of halogens is 3. The van der Waals surface area contributed by atoms with Crippen LogP contribution in [0.25, 0.3) is 0 Å². The fourth-order valence-electron chi connectivity index (χ4n) is 3.04. The predicted molar refractivity (Wildman–Crippen MR) is 160 cm³/mol. The first-order valence-corrected chi connectivity index (χ1v) is 14.1. The lowest BCUT2D eigenvalue weighted by atomic mass is 10.2. The molecule has 0 atom stereocenters. The van der Waals surface area contributed by atoms with Crippen molar-refractivity contribution < 1.29 is 14.6 Å². The molecule has 0 aliphatic carbocycles. The van der Waals surface area contributed by atoms with Crippen LogP contribution in [0.3, 0.4) is 0 Å². The molecule has 2 aromatic carbocycles. The zero-order valence-electron chi connectivity index (χ0n) is 21.2. The lowest BCUT2D eigenvalue weighted by Crippen LogP contribution is -2.09. The Morgan fingerprint density at radius 3 is 1.82 bits per heavy atom. The van der Waals surface area contributed by atoms with E-state index in [0.29, 0.717) is 44.6 Å². The van der Waals surface area contributed by atoms with Crippen LogP contribution in [0.1, 0.15) is 5.56 Å². The van der Waals surface area contributed by atoms with Gasteiger partial charge in [0.05, 0.1) is 28.0 Å². The van der Waals surface area contributed by atoms with E-state index in [1.807, 2.05) is 25.1 Å². The summed E-state index contributed by atoms with van der Waals surface area (Å²) in [5, 5.41) is 24.7. The Hall–Kier alpha value is -3.07. The van der Waals surface area contributed by atoms with Gasteiger partial charge in [0.25, 0.3) is 0 Å². The number of benzene rings is 2. The molecule has 4 aromatic rings. The largest absolute Gasteiger partial charge is 0.395 e. The molecule has 15 heteroatoms. The van der Waals surface area contributed by atoms with Crippen LogP contribution in [0.2, 0.25) is 10.0 Å². The highest BCUT2D eigenvalue weighted by Gasteiger charge is 2.11. The Balaban J connectivity index is 0.000000220. The molecule has 8 N–H and O–H groups in total. The molecule has 4 rings (SSSR count). The standard InChI is InChI=1S/C13H15ClN4OS.C12H12ClFN4OS/c1-8-6-9(14)2-3-10(8)20-11-7-17-13(15)18-12(11)16-4-5-19;13-8-5-7(14)1-2-9(8)20-10-6-17-12(15)18-11(10)16-3-4-19/h2-3,6-7,19H,4-5H2,1H3,(H3,15,16,17,18);1-2,5-6,19H,3-4H2,(H3,15,16,17,18). The van der Waals surface area contributed by atoms with Crippen LogP contribution in [0.5, 0.6) is 0 Å². The summed E-state index contributed by atoms with van der Waals surface area (Å²) in [7, 11) is 0. The van der Waals surface area contributed by atoms with Gasteiger partial charge >= 0.3 is 0 Å². The van der Waals surface area contributed by atoms with Crippen molar-refractivity contribution in [2.24, 2.45) is 0 Å². The molecule has 0 fully saturated rings. The first-order chi connectivity index (χ1) is 19.2. The fourth-order valence-corrected chi connectivity index (χ4v) is 5.31. The van der Waals surface area contributed by atoms with E-state index in [1.165, 1.54) is 35.7 Å². The number of aryl methyl sites for hydroxylation is 1. The minimum absolute atomic E-state index is 0.0218. The van der Waals surface area contributed by atoms with Crippen LogP contribution in [-0.4, -0.2) is 56.5 Å². The number of anilines is 4. The van der Waals surface area contributed by atoms with Gasteiger partial charge in [-0.3, -0.25) is 0 Å². The van der Waals surface area contributed by atoms with Crippen LogP contribution < -0.4 is 22.1 Å². The van der Waals surface area contributed by atoms with Gasteiger partial charge in [-0.25, -0.2) is 14.4 Å². The van der Waals surface area contributed by atoms with Crippen molar-refractivity contribution in [3.63, 3.8) is 0 Å². The smallest absolute Gasteiger partial charge is 0.221 e. The maximum Gasteiger partial charge on any atom is 0.221 e. The highest BCUT2D eigenvalue weighted by atomic mass is 35.5. The Kier molecular flexibility index (Phi) is 12.3. The summed E-state index contributed by atoms with van der Waals surface area (Å²) in [5.74, 6) is 1.04. The number of nitrogen functional groups attached to an aromatic ring is 2. The minimum Gasteiger partial charge on any atom is -0.395 e. The van der Waals surface area contributed by atoms with E-state index in [1.54, 1.807) is 18.5 Å². The van der Waals surface area contributed by atoms with Crippen molar-refractivity contribution in [3.05, 3.63) is 70.2 Å².